The first kappa shape index (κ1) is 18.9. The number of carbonyl (C=O) groups is 1. The van der Waals surface area contributed by atoms with Gasteiger partial charge in [-0.1, -0.05) is 6.08 Å². The number of allylic oxidation sites excluding steroid dienone is 1. The minimum Gasteiger partial charge on any atom is -0.365 e. The Hall–Kier alpha value is -1.87. The van der Waals surface area contributed by atoms with Crippen LogP contribution in [-0.4, -0.2) is 30.0 Å². The Morgan fingerprint density at radius 3 is 2.50 bits per heavy atom. The lowest BCUT2D eigenvalue weighted by molar-refractivity contribution is -0.115. The molecule has 0 aromatic heterocycles. The number of anilines is 1. The van der Waals surface area contributed by atoms with Crippen LogP contribution in [0.4, 0.5) is 5.69 Å². The maximum absolute atomic E-state index is 12.8. The molecule has 3 heteroatoms. The number of hydrogen-bond donors (Lipinski definition) is 1. The Morgan fingerprint density at radius 1 is 1.23 bits per heavy atom. The van der Waals surface area contributed by atoms with Crippen molar-refractivity contribution < 1.29 is 4.79 Å². The van der Waals surface area contributed by atoms with E-state index in [0.717, 1.165) is 11.1 Å². The summed E-state index contributed by atoms with van der Waals surface area (Å²) >= 11 is 0. The van der Waals surface area contributed by atoms with Crippen LogP contribution in [0.25, 0.3) is 11.6 Å². The molecule has 0 saturated carbocycles. The third kappa shape index (κ3) is 3.37. The monoisotopic (exact) mass is 352 g/mol. The van der Waals surface area contributed by atoms with E-state index in [4.69, 9.17) is 0 Å². The molecule has 1 aromatic carbocycles. The van der Waals surface area contributed by atoms with Crippen molar-refractivity contribution in [1.82, 2.24) is 5.32 Å². The van der Waals surface area contributed by atoms with Crippen molar-refractivity contribution in [3.63, 3.8) is 0 Å². The van der Waals surface area contributed by atoms with Crippen LogP contribution in [0.5, 0.6) is 0 Å². The van der Waals surface area contributed by atoms with E-state index in [1.165, 1.54) is 22.4 Å². The Balaban J connectivity index is 2.06. The number of rotatable bonds is 2. The molecule has 140 valence electrons. The molecule has 3 rings (SSSR count). The second-order valence-electron chi connectivity index (χ2n) is 9.42. The van der Waals surface area contributed by atoms with Gasteiger partial charge in [0.25, 0.3) is 0 Å². The molecule has 0 fully saturated rings. The van der Waals surface area contributed by atoms with E-state index in [2.05, 4.69) is 90.0 Å². The molecule has 0 saturated heterocycles. The molecular weight excluding hydrogens is 320 g/mol. The lowest BCUT2D eigenvalue weighted by Gasteiger charge is -2.41. The zero-order chi connectivity index (χ0) is 19.4. The molecule has 26 heavy (non-hydrogen) atoms. The van der Waals surface area contributed by atoms with Gasteiger partial charge >= 0.3 is 0 Å². The smallest absolute Gasteiger partial charge is 0.164 e. The lowest BCUT2D eigenvalue weighted by atomic mass is 9.82. The molecular formula is C23H32N2O. The van der Waals surface area contributed by atoms with Gasteiger partial charge in [0.1, 0.15) is 0 Å². The van der Waals surface area contributed by atoms with Gasteiger partial charge in [-0.05, 0) is 83.4 Å². The normalized spacial score (nSPS) is 20.2. The van der Waals surface area contributed by atoms with Gasteiger partial charge in [-0.2, -0.15) is 0 Å². The largest absolute Gasteiger partial charge is 0.365 e. The minimum absolute atomic E-state index is 0.0177. The molecule has 0 bridgehead atoms. The highest BCUT2D eigenvalue weighted by Gasteiger charge is 2.31. The maximum Gasteiger partial charge on any atom is 0.164 e. The Morgan fingerprint density at radius 2 is 1.88 bits per heavy atom. The van der Waals surface area contributed by atoms with Gasteiger partial charge in [-0.25, -0.2) is 0 Å². The van der Waals surface area contributed by atoms with Crippen molar-refractivity contribution in [1.29, 1.82) is 0 Å². The SMILES string of the molecule is CC1=CC(C)(C)N(C)c2cc3c(cc21)C=C(C(C)NC(C)(C)C)C(=O)C3. The fourth-order valence-corrected chi connectivity index (χ4v) is 4.16. The number of carbonyl (C=O) groups excluding carboxylic acids is 1. The summed E-state index contributed by atoms with van der Waals surface area (Å²) in [6, 6.07) is 4.53. The molecule has 0 spiro atoms. The minimum atomic E-state index is -0.0235. The third-order valence-corrected chi connectivity index (χ3v) is 5.58. The predicted octanol–water partition coefficient (Wildman–Crippen LogP) is 4.60. The summed E-state index contributed by atoms with van der Waals surface area (Å²) in [6.45, 7) is 15.1. The summed E-state index contributed by atoms with van der Waals surface area (Å²) in [5, 5.41) is 3.53. The van der Waals surface area contributed by atoms with Crippen molar-refractivity contribution in [2.24, 2.45) is 0 Å². The van der Waals surface area contributed by atoms with Crippen molar-refractivity contribution >= 4 is 23.1 Å². The second-order valence-corrected chi connectivity index (χ2v) is 9.42. The van der Waals surface area contributed by atoms with E-state index in [1.807, 2.05) is 0 Å². The van der Waals surface area contributed by atoms with Crippen molar-refractivity contribution in [2.45, 2.75) is 72.0 Å². The van der Waals surface area contributed by atoms with Crippen LogP contribution < -0.4 is 10.2 Å². The molecule has 0 amide bonds. The van der Waals surface area contributed by atoms with Gasteiger partial charge < -0.3 is 10.2 Å². The van der Waals surface area contributed by atoms with Crippen LogP contribution in [-0.2, 0) is 11.2 Å². The molecule has 1 aliphatic heterocycles. The fraction of sp³-hybridized carbons (Fsp3) is 0.522. The van der Waals surface area contributed by atoms with Gasteiger partial charge in [-0.15, -0.1) is 0 Å². The average molecular weight is 353 g/mol. The first-order valence-electron chi connectivity index (χ1n) is 9.52. The van der Waals surface area contributed by atoms with Crippen LogP contribution in [0.1, 0.15) is 65.2 Å². The summed E-state index contributed by atoms with van der Waals surface area (Å²) < 4.78 is 0. The van der Waals surface area contributed by atoms with Gasteiger partial charge in [0.2, 0.25) is 0 Å². The van der Waals surface area contributed by atoms with Crippen LogP contribution in [0.15, 0.2) is 23.8 Å². The lowest BCUT2D eigenvalue weighted by Crippen LogP contribution is -2.44. The van der Waals surface area contributed by atoms with Crippen LogP contribution >= 0.6 is 0 Å². The number of nitrogens with zero attached hydrogens (tertiary/aromatic N) is 1. The van der Waals surface area contributed by atoms with E-state index >= 15 is 0 Å². The van der Waals surface area contributed by atoms with E-state index in [-0.39, 0.29) is 22.9 Å². The molecule has 1 atom stereocenters. The molecule has 0 radical (unpaired) electrons. The van der Waals surface area contributed by atoms with E-state index < -0.39 is 0 Å². The van der Waals surface area contributed by atoms with Crippen LogP contribution in [0.2, 0.25) is 0 Å². The molecule has 1 aliphatic carbocycles. The molecule has 1 aromatic rings. The first-order valence-corrected chi connectivity index (χ1v) is 9.52. The van der Waals surface area contributed by atoms with Gasteiger partial charge in [0, 0.05) is 41.9 Å². The summed E-state index contributed by atoms with van der Waals surface area (Å²) in [6.07, 6.45) is 4.91. The van der Waals surface area contributed by atoms with Crippen molar-refractivity contribution in [2.75, 3.05) is 11.9 Å². The quantitative estimate of drug-likeness (QED) is 0.844. The molecule has 3 nitrogen and oxygen atoms in total. The maximum atomic E-state index is 12.8. The third-order valence-electron chi connectivity index (χ3n) is 5.58. The molecule has 1 unspecified atom stereocenters. The zero-order valence-electron chi connectivity index (χ0n) is 17.4. The van der Waals surface area contributed by atoms with E-state index in [1.54, 1.807) is 0 Å². The summed E-state index contributed by atoms with van der Waals surface area (Å²) in [7, 11) is 2.13. The van der Waals surface area contributed by atoms with Crippen molar-refractivity contribution in [3.8, 4) is 0 Å². The van der Waals surface area contributed by atoms with E-state index in [9.17, 15) is 4.79 Å². The highest BCUT2D eigenvalue weighted by molar-refractivity contribution is 6.05. The summed E-state index contributed by atoms with van der Waals surface area (Å²) in [5.41, 5.74) is 6.96. The first-order chi connectivity index (χ1) is 11.9. The van der Waals surface area contributed by atoms with Crippen LogP contribution in [0.3, 0.4) is 0 Å². The Bertz CT molecular complexity index is 821. The number of likely N-dealkylation sites (N-methyl/N-ethyl adjacent to an activating group) is 1. The summed E-state index contributed by atoms with van der Waals surface area (Å²) in [5.74, 6) is 0.228. The zero-order valence-corrected chi connectivity index (χ0v) is 17.4. The topological polar surface area (TPSA) is 32.3 Å². The standard InChI is InChI=1S/C23H32N2O/c1-14-13-23(6,7)25(8)20-11-17-12-21(26)19(10-16(17)9-18(14)20)15(2)24-22(3,4)5/h9-11,13,15,24H,12H2,1-8H3. The number of Topliss-reactive ketones (excluding diaryl/α,β-unsaturated/α-hetero) is 1. The van der Waals surface area contributed by atoms with Gasteiger partial charge in [0.15, 0.2) is 5.78 Å². The average Bonchev–Trinajstić information content (AvgIpc) is 2.48. The summed E-state index contributed by atoms with van der Waals surface area (Å²) in [4.78, 5) is 15.1. The Labute approximate surface area is 158 Å². The highest BCUT2D eigenvalue weighted by Crippen LogP contribution is 2.40. The molecule has 1 N–H and O–H groups in total. The molecule has 1 heterocycles. The Kier molecular flexibility index (Phi) is 4.43. The number of fused-ring (bicyclic) bond motifs is 2. The number of nitrogens with one attached hydrogen (secondary N) is 1. The highest BCUT2D eigenvalue weighted by atomic mass is 16.1. The molecule has 2 aliphatic rings. The van der Waals surface area contributed by atoms with Crippen molar-refractivity contribution in [3.05, 3.63) is 40.5 Å². The van der Waals surface area contributed by atoms with Gasteiger partial charge in [-0.3, -0.25) is 4.79 Å². The fourth-order valence-electron chi connectivity index (χ4n) is 4.16. The number of ketones is 1. The number of benzene rings is 1. The second kappa shape index (κ2) is 6.09. The predicted molar refractivity (Wildman–Crippen MR) is 112 cm³/mol. The van der Waals surface area contributed by atoms with Crippen LogP contribution in [0, 0.1) is 0 Å². The number of hydrogen-bond acceptors (Lipinski definition) is 3. The van der Waals surface area contributed by atoms with E-state index in [0.29, 0.717) is 6.42 Å². The van der Waals surface area contributed by atoms with Gasteiger partial charge in [0.05, 0.1) is 5.54 Å².